The molecular weight excluding hydrogens is 366 g/mol. The van der Waals surface area contributed by atoms with Gasteiger partial charge in [-0.3, -0.25) is 14.4 Å². The second-order valence-electron chi connectivity index (χ2n) is 7.42. The number of nitrogens with one attached hydrogen (secondary N) is 1. The number of sulfonamides is 1. The number of anilines is 1. The Labute approximate surface area is 161 Å². The van der Waals surface area contributed by atoms with Gasteiger partial charge in [-0.2, -0.15) is 0 Å². The Morgan fingerprint density at radius 3 is 2.59 bits per heavy atom. The summed E-state index contributed by atoms with van der Waals surface area (Å²) in [5.41, 5.74) is 1.06. The van der Waals surface area contributed by atoms with Gasteiger partial charge < -0.3 is 9.64 Å². The van der Waals surface area contributed by atoms with Crippen molar-refractivity contribution in [2.45, 2.75) is 26.3 Å². The fourth-order valence-electron chi connectivity index (χ4n) is 3.69. The normalized spacial score (nSPS) is 24.1. The van der Waals surface area contributed by atoms with E-state index in [2.05, 4.69) is 16.5 Å². The van der Waals surface area contributed by atoms with Gasteiger partial charge in [-0.05, 0) is 50.5 Å². The minimum absolute atomic E-state index is 0.00347. The highest BCUT2D eigenvalue weighted by Crippen LogP contribution is 2.19. The Morgan fingerprint density at radius 1 is 1.26 bits per heavy atom. The molecule has 8 heteroatoms. The van der Waals surface area contributed by atoms with Crippen molar-refractivity contribution < 1.29 is 17.9 Å². The second kappa shape index (κ2) is 8.58. The highest BCUT2D eigenvalue weighted by molar-refractivity contribution is 7.92. The van der Waals surface area contributed by atoms with Crippen molar-refractivity contribution in [1.82, 2.24) is 9.80 Å². The van der Waals surface area contributed by atoms with Crippen LogP contribution in [-0.2, 0) is 14.8 Å². The molecule has 1 N–H and O–H groups in total. The third-order valence-corrected chi connectivity index (χ3v) is 6.60. The van der Waals surface area contributed by atoms with E-state index in [1.165, 1.54) is 0 Å². The number of benzene rings is 1. The zero-order valence-electron chi connectivity index (χ0n) is 16.1. The summed E-state index contributed by atoms with van der Waals surface area (Å²) in [7, 11) is -3.31. The molecular formula is C19H29N3O4S. The maximum atomic E-state index is 12.9. The molecule has 2 atom stereocenters. The van der Waals surface area contributed by atoms with E-state index in [0.29, 0.717) is 23.7 Å². The van der Waals surface area contributed by atoms with E-state index < -0.39 is 10.0 Å². The number of carbonyl (C=O) groups excluding carboxylic acids is 1. The molecule has 27 heavy (non-hydrogen) atoms. The van der Waals surface area contributed by atoms with Gasteiger partial charge >= 0.3 is 0 Å². The van der Waals surface area contributed by atoms with Gasteiger partial charge in [-0.15, -0.1) is 0 Å². The van der Waals surface area contributed by atoms with Crippen LogP contribution in [0.15, 0.2) is 24.3 Å². The SMILES string of the molecule is CCS(=O)(=O)Nc1ccc(C(=O)N2CCN(CC3CCOC3)C[C@H]2C)cc1. The Morgan fingerprint density at radius 2 is 2.00 bits per heavy atom. The van der Waals surface area contributed by atoms with Gasteiger partial charge in [0.15, 0.2) is 0 Å². The number of carbonyl (C=O) groups is 1. The van der Waals surface area contributed by atoms with Gasteiger partial charge in [0, 0.05) is 50.1 Å². The van der Waals surface area contributed by atoms with Crippen molar-refractivity contribution in [2.75, 3.05) is 49.9 Å². The lowest BCUT2D eigenvalue weighted by molar-refractivity contribution is 0.0452. The third-order valence-electron chi connectivity index (χ3n) is 5.30. The topological polar surface area (TPSA) is 79.0 Å². The molecule has 2 saturated heterocycles. The summed E-state index contributed by atoms with van der Waals surface area (Å²) in [6.07, 6.45) is 1.13. The van der Waals surface area contributed by atoms with E-state index in [-0.39, 0.29) is 17.7 Å². The van der Waals surface area contributed by atoms with Gasteiger partial charge in [0.2, 0.25) is 10.0 Å². The summed E-state index contributed by atoms with van der Waals surface area (Å²) < 4.78 is 31.2. The largest absolute Gasteiger partial charge is 0.381 e. The van der Waals surface area contributed by atoms with E-state index >= 15 is 0 Å². The number of ether oxygens (including phenoxy) is 1. The summed E-state index contributed by atoms with van der Waals surface area (Å²) in [5, 5.41) is 0. The van der Waals surface area contributed by atoms with E-state index in [4.69, 9.17) is 4.74 Å². The van der Waals surface area contributed by atoms with Crippen LogP contribution in [0, 0.1) is 5.92 Å². The van der Waals surface area contributed by atoms with Crippen LogP contribution in [-0.4, -0.2) is 75.3 Å². The molecule has 2 fully saturated rings. The highest BCUT2D eigenvalue weighted by Gasteiger charge is 2.30. The van der Waals surface area contributed by atoms with Crippen LogP contribution >= 0.6 is 0 Å². The van der Waals surface area contributed by atoms with Crippen molar-refractivity contribution in [1.29, 1.82) is 0 Å². The number of amides is 1. The standard InChI is InChI=1S/C19H29N3O4S/c1-3-27(24,25)20-18-6-4-17(5-7-18)19(23)22-10-9-21(12-15(22)2)13-16-8-11-26-14-16/h4-7,15-16,20H,3,8-14H2,1-2H3/t15-,16?/m1/s1. The number of hydrogen-bond acceptors (Lipinski definition) is 5. The molecule has 1 unspecified atom stereocenters. The average molecular weight is 396 g/mol. The first kappa shape index (κ1) is 20.1. The maximum Gasteiger partial charge on any atom is 0.254 e. The second-order valence-corrected chi connectivity index (χ2v) is 9.43. The Balaban J connectivity index is 1.57. The Hall–Kier alpha value is -1.64. The molecule has 0 bridgehead atoms. The molecule has 1 aromatic carbocycles. The minimum Gasteiger partial charge on any atom is -0.381 e. The highest BCUT2D eigenvalue weighted by atomic mass is 32.2. The predicted octanol–water partition coefficient (Wildman–Crippen LogP) is 1.63. The summed E-state index contributed by atoms with van der Waals surface area (Å²) in [6, 6.07) is 6.80. The van der Waals surface area contributed by atoms with Crippen LogP contribution in [0.4, 0.5) is 5.69 Å². The van der Waals surface area contributed by atoms with E-state index in [1.54, 1.807) is 31.2 Å². The molecule has 2 aliphatic heterocycles. The van der Waals surface area contributed by atoms with E-state index in [9.17, 15) is 13.2 Å². The van der Waals surface area contributed by atoms with Crippen molar-refractivity contribution in [2.24, 2.45) is 5.92 Å². The molecule has 0 spiro atoms. The van der Waals surface area contributed by atoms with E-state index in [0.717, 1.165) is 39.3 Å². The van der Waals surface area contributed by atoms with Crippen molar-refractivity contribution in [3.8, 4) is 0 Å². The van der Waals surface area contributed by atoms with Crippen LogP contribution in [0.25, 0.3) is 0 Å². The molecule has 0 radical (unpaired) electrons. The summed E-state index contributed by atoms with van der Waals surface area (Å²) in [5.74, 6) is 0.623. The molecule has 150 valence electrons. The van der Waals surface area contributed by atoms with Crippen LogP contribution in [0.3, 0.4) is 0 Å². The first-order valence-electron chi connectivity index (χ1n) is 9.59. The number of piperazine rings is 1. The van der Waals surface area contributed by atoms with Crippen LogP contribution in [0.1, 0.15) is 30.6 Å². The van der Waals surface area contributed by atoms with Gasteiger partial charge in [0.1, 0.15) is 0 Å². The third kappa shape index (κ3) is 5.21. The smallest absolute Gasteiger partial charge is 0.254 e. The predicted molar refractivity (Wildman–Crippen MR) is 105 cm³/mol. The van der Waals surface area contributed by atoms with Crippen molar-refractivity contribution in [3.63, 3.8) is 0 Å². The summed E-state index contributed by atoms with van der Waals surface area (Å²) in [4.78, 5) is 17.2. The number of nitrogens with zero attached hydrogens (tertiary/aromatic N) is 2. The van der Waals surface area contributed by atoms with Crippen LogP contribution in [0.2, 0.25) is 0 Å². The fraction of sp³-hybridized carbons (Fsp3) is 0.632. The van der Waals surface area contributed by atoms with Gasteiger partial charge in [-0.1, -0.05) is 0 Å². The number of hydrogen-bond donors (Lipinski definition) is 1. The molecule has 0 saturated carbocycles. The molecule has 1 amide bonds. The maximum absolute atomic E-state index is 12.9. The molecule has 2 aliphatic rings. The quantitative estimate of drug-likeness (QED) is 0.792. The van der Waals surface area contributed by atoms with Gasteiger partial charge in [-0.25, -0.2) is 8.42 Å². The zero-order chi connectivity index (χ0) is 19.4. The number of rotatable bonds is 6. The van der Waals surface area contributed by atoms with Gasteiger partial charge in [0.25, 0.3) is 5.91 Å². The Kier molecular flexibility index (Phi) is 6.39. The van der Waals surface area contributed by atoms with E-state index in [1.807, 2.05) is 4.90 Å². The lowest BCUT2D eigenvalue weighted by Gasteiger charge is -2.40. The fourth-order valence-corrected chi connectivity index (χ4v) is 4.33. The van der Waals surface area contributed by atoms with Gasteiger partial charge in [0.05, 0.1) is 12.4 Å². The van der Waals surface area contributed by atoms with Crippen molar-refractivity contribution >= 4 is 21.6 Å². The zero-order valence-corrected chi connectivity index (χ0v) is 16.9. The van der Waals surface area contributed by atoms with Crippen LogP contribution in [0.5, 0.6) is 0 Å². The summed E-state index contributed by atoms with van der Waals surface area (Å²) >= 11 is 0. The monoisotopic (exact) mass is 395 g/mol. The lowest BCUT2D eigenvalue weighted by Crippen LogP contribution is -2.54. The molecule has 7 nitrogen and oxygen atoms in total. The minimum atomic E-state index is -3.31. The molecule has 2 heterocycles. The lowest BCUT2D eigenvalue weighted by atomic mass is 10.1. The molecule has 0 aromatic heterocycles. The first-order valence-corrected chi connectivity index (χ1v) is 11.2. The molecule has 0 aliphatic carbocycles. The van der Waals surface area contributed by atoms with Crippen LogP contribution < -0.4 is 4.72 Å². The molecule has 1 aromatic rings. The average Bonchev–Trinajstić information content (AvgIpc) is 3.15. The molecule has 3 rings (SSSR count). The Bertz CT molecular complexity index is 745. The first-order chi connectivity index (χ1) is 12.9. The van der Waals surface area contributed by atoms with Crippen molar-refractivity contribution in [3.05, 3.63) is 29.8 Å². The summed E-state index contributed by atoms with van der Waals surface area (Å²) in [6.45, 7) is 8.87.